The fourth-order valence-corrected chi connectivity index (χ4v) is 2.94. The predicted molar refractivity (Wildman–Crippen MR) is 78.8 cm³/mol. The molecule has 1 amide bonds. The molecule has 0 spiro atoms. The number of nitrogens with two attached hydrogens (primary N) is 1. The van der Waals surface area contributed by atoms with Crippen molar-refractivity contribution in [1.82, 2.24) is 4.90 Å². The molecule has 1 fully saturated rings. The van der Waals surface area contributed by atoms with Gasteiger partial charge in [0.15, 0.2) is 5.76 Å². The molecule has 0 saturated carbocycles. The van der Waals surface area contributed by atoms with Crippen LogP contribution >= 0.6 is 0 Å². The Hall–Kier alpha value is -1.81. The zero-order chi connectivity index (χ0) is 14.3. The van der Waals surface area contributed by atoms with Gasteiger partial charge in [-0.05, 0) is 38.3 Å². The molecular formula is C16H20N2O2. The van der Waals surface area contributed by atoms with Crippen LogP contribution < -0.4 is 5.73 Å². The molecule has 4 heteroatoms. The number of fused-ring (bicyclic) bond motifs is 1. The van der Waals surface area contributed by atoms with Gasteiger partial charge in [0.25, 0.3) is 5.91 Å². The topological polar surface area (TPSA) is 59.5 Å². The molecule has 20 heavy (non-hydrogen) atoms. The van der Waals surface area contributed by atoms with Gasteiger partial charge in [-0.25, -0.2) is 0 Å². The molecule has 1 aromatic carbocycles. The average molecular weight is 272 g/mol. The van der Waals surface area contributed by atoms with Gasteiger partial charge in [0.1, 0.15) is 5.58 Å². The number of benzene rings is 1. The van der Waals surface area contributed by atoms with Crippen molar-refractivity contribution in [1.29, 1.82) is 0 Å². The zero-order valence-electron chi connectivity index (χ0n) is 12.0. The molecule has 2 heterocycles. The monoisotopic (exact) mass is 272 g/mol. The first-order valence-electron chi connectivity index (χ1n) is 7.10. The zero-order valence-corrected chi connectivity index (χ0v) is 12.0. The Morgan fingerprint density at radius 1 is 1.45 bits per heavy atom. The van der Waals surface area contributed by atoms with Crippen LogP contribution in [0.15, 0.2) is 22.6 Å². The van der Waals surface area contributed by atoms with E-state index in [4.69, 9.17) is 10.2 Å². The number of nitrogens with zero attached hydrogens (tertiary/aromatic N) is 1. The third-order valence-corrected chi connectivity index (χ3v) is 4.26. The molecule has 1 saturated heterocycles. The van der Waals surface area contributed by atoms with Crippen LogP contribution in [0.25, 0.3) is 11.0 Å². The maximum absolute atomic E-state index is 12.6. The first kappa shape index (κ1) is 13.2. The SMILES string of the molecule is Cc1c(C(=O)N2CC[C@@H](CN)C2)oc2c(C)cccc12. The van der Waals surface area contributed by atoms with Crippen molar-refractivity contribution in [2.75, 3.05) is 19.6 Å². The second-order valence-electron chi connectivity index (χ2n) is 5.65. The Balaban J connectivity index is 1.96. The highest BCUT2D eigenvalue weighted by molar-refractivity contribution is 5.99. The van der Waals surface area contributed by atoms with Crippen molar-refractivity contribution in [2.24, 2.45) is 11.7 Å². The quantitative estimate of drug-likeness (QED) is 0.913. The highest BCUT2D eigenvalue weighted by Gasteiger charge is 2.29. The minimum atomic E-state index is -0.00551. The van der Waals surface area contributed by atoms with Gasteiger partial charge < -0.3 is 15.1 Å². The van der Waals surface area contributed by atoms with E-state index < -0.39 is 0 Å². The molecule has 0 radical (unpaired) electrons. The summed E-state index contributed by atoms with van der Waals surface area (Å²) in [6, 6.07) is 6.00. The van der Waals surface area contributed by atoms with Crippen LogP contribution in [0.3, 0.4) is 0 Å². The molecule has 0 aliphatic carbocycles. The lowest BCUT2D eigenvalue weighted by atomic mass is 10.1. The third-order valence-electron chi connectivity index (χ3n) is 4.26. The number of amides is 1. The fraction of sp³-hybridized carbons (Fsp3) is 0.438. The number of carbonyl (C=O) groups is 1. The Morgan fingerprint density at radius 2 is 2.25 bits per heavy atom. The number of carbonyl (C=O) groups excluding carboxylic acids is 1. The van der Waals surface area contributed by atoms with E-state index in [-0.39, 0.29) is 5.91 Å². The lowest BCUT2D eigenvalue weighted by Crippen LogP contribution is -2.30. The number of hydrogen-bond donors (Lipinski definition) is 1. The van der Waals surface area contributed by atoms with Crippen LogP contribution in [0.4, 0.5) is 0 Å². The van der Waals surface area contributed by atoms with E-state index in [9.17, 15) is 4.79 Å². The minimum Gasteiger partial charge on any atom is -0.450 e. The number of aryl methyl sites for hydroxylation is 2. The summed E-state index contributed by atoms with van der Waals surface area (Å²) in [4.78, 5) is 14.5. The first-order valence-corrected chi connectivity index (χ1v) is 7.10. The summed E-state index contributed by atoms with van der Waals surface area (Å²) >= 11 is 0. The molecule has 1 atom stereocenters. The van der Waals surface area contributed by atoms with Gasteiger partial charge in [-0.1, -0.05) is 18.2 Å². The van der Waals surface area contributed by atoms with Gasteiger partial charge in [-0.3, -0.25) is 4.79 Å². The molecule has 3 rings (SSSR count). The fourth-order valence-electron chi connectivity index (χ4n) is 2.94. The Bertz CT molecular complexity index is 660. The molecule has 1 aliphatic heterocycles. The van der Waals surface area contributed by atoms with Crippen molar-refractivity contribution < 1.29 is 9.21 Å². The standard InChI is InChI=1S/C16H20N2O2/c1-10-4-3-5-13-11(2)15(20-14(10)13)16(19)18-7-6-12(8-17)9-18/h3-5,12H,6-9,17H2,1-2H3/t12-/m0/s1. The van der Waals surface area contributed by atoms with Gasteiger partial charge in [0.2, 0.25) is 0 Å². The van der Waals surface area contributed by atoms with Gasteiger partial charge >= 0.3 is 0 Å². The van der Waals surface area contributed by atoms with E-state index >= 15 is 0 Å². The average Bonchev–Trinajstić information content (AvgIpc) is 3.05. The largest absolute Gasteiger partial charge is 0.450 e. The maximum Gasteiger partial charge on any atom is 0.289 e. The van der Waals surface area contributed by atoms with Gasteiger partial charge in [0.05, 0.1) is 0 Å². The molecule has 106 valence electrons. The highest BCUT2D eigenvalue weighted by atomic mass is 16.3. The van der Waals surface area contributed by atoms with Crippen LogP contribution in [0, 0.1) is 19.8 Å². The molecule has 1 aliphatic rings. The van der Waals surface area contributed by atoms with Crippen molar-refractivity contribution >= 4 is 16.9 Å². The van der Waals surface area contributed by atoms with Crippen LogP contribution in [-0.4, -0.2) is 30.4 Å². The summed E-state index contributed by atoms with van der Waals surface area (Å²) in [5.74, 6) is 0.895. The normalized spacial score (nSPS) is 18.9. The number of rotatable bonds is 2. The maximum atomic E-state index is 12.6. The van der Waals surface area contributed by atoms with Crippen molar-refractivity contribution in [2.45, 2.75) is 20.3 Å². The second-order valence-corrected chi connectivity index (χ2v) is 5.65. The summed E-state index contributed by atoms with van der Waals surface area (Å²) in [5, 5.41) is 1.03. The molecular weight excluding hydrogens is 252 g/mol. The Kier molecular flexibility index (Phi) is 3.26. The molecule has 0 bridgehead atoms. The van der Waals surface area contributed by atoms with Gasteiger partial charge in [-0.2, -0.15) is 0 Å². The van der Waals surface area contributed by atoms with E-state index in [1.807, 2.05) is 36.9 Å². The summed E-state index contributed by atoms with van der Waals surface area (Å²) in [7, 11) is 0. The number of likely N-dealkylation sites (tertiary alicyclic amines) is 1. The van der Waals surface area contributed by atoms with Crippen LogP contribution in [0.2, 0.25) is 0 Å². The van der Waals surface area contributed by atoms with Crippen LogP contribution in [0.1, 0.15) is 28.1 Å². The number of para-hydroxylation sites is 1. The summed E-state index contributed by atoms with van der Waals surface area (Å²) in [5.41, 5.74) is 8.50. The van der Waals surface area contributed by atoms with Crippen molar-refractivity contribution in [3.63, 3.8) is 0 Å². The molecule has 2 aromatic rings. The first-order chi connectivity index (χ1) is 9.61. The minimum absolute atomic E-state index is 0.00551. The van der Waals surface area contributed by atoms with Gasteiger partial charge in [-0.15, -0.1) is 0 Å². The third kappa shape index (κ3) is 2.00. The van der Waals surface area contributed by atoms with Crippen LogP contribution in [-0.2, 0) is 0 Å². The van der Waals surface area contributed by atoms with Gasteiger partial charge in [0, 0.05) is 24.0 Å². The molecule has 0 unspecified atom stereocenters. The van der Waals surface area contributed by atoms with Crippen molar-refractivity contribution in [3.05, 3.63) is 35.1 Å². The molecule has 1 aromatic heterocycles. The molecule has 2 N–H and O–H groups in total. The number of furan rings is 1. The summed E-state index contributed by atoms with van der Waals surface area (Å²) < 4.78 is 5.85. The van der Waals surface area contributed by atoms with Crippen LogP contribution in [0.5, 0.6) is 0 Å². The second kappa shape index (κ2) is 4.94. The Morgan fingerprint density at radius 3 is 2.90 bits per heavy atom. The van der Waals surface area contributed by atoms with E-state index in [1.165, 1.54) is 0 Å². The van der Waals surface area contributed by atoms with Crippen molar-refractivity contribution in [3.8, 4) is 0 Å². The predicted octanol–water partition coefficient (Wildman–Crippen LogP) is 2.47. The highest BCUT2D eigenvalue weighted by Crippen LogP contribution is 2.29. The summed E-state index contributed by atoms with van der Waals surface area (Å²) in [6.45, 7) is 6.11. The van der Waals surface area contributed by atoms with E-state index in [0.29, 0.717) is 18.2 Å². The van der Waals surface area contributed by atoms with E-state index in [1.54, 1.807) is 0 Å². The lowest BCUT2D eigenvalue weighted by Gasteiger charge is -2.14. The Labute approximate surface area is 118 Å². The molecule has 4 nitrogen and oxygen atoms in total. The number of hydrogen-bond acceptors (Lipinski definition) is 3. The summed E-state index contributed by atoms with van der Waals surface area (Å²) in [6.07, 6.45) is 0.987. The van der Waals surface area contributed by atoms with E-state index in [2.05, 4.69) is 0 Å². The smallest absolute Gasteiger partial charge is 0.289 e. The lowest BCUT2D eigenvalue weighted by molar-refractivity contribution is 0.0757. The van der Waals surface area contributed by atoms with E-state index in [0.717, 1.165) is 41.6 Å².